The number of rotatable bonds is 9. The standard InChI is InChI=1S/C28H33N3O3/c1-4-21-16-29-28(30-17-21)31-15-14-25(18-31)20(3)19-34-26-12-10-23(11-13-26)22-6-8-24(9-7-22)27(32)33-5-2/h6-13,16-17,20,25H,4-5,14-15,18-19H2,1-3H3/t20-,25-/m0/s1. The second-order valence-electron chi connectivity index (χ2n) is 8.85. The summed E-state index contributed by atoms with van der Waals surface area (Å²) in [5.41, 5.74) is 3.86. The molecule has 1 aliphatic rings. The zero-order valence-corrected chi connectivity index (χ0v) is 20.2. The Morgan fingerprint density at radius 3 is 2.29 bits per heavy atom. The van der Waals surface area contributed by atoms with Crippen LogP contribution in [-0.4, -0.2) is 42.2 Å². The van der Waals surface area contributed by atoms with Gasteiger partial charge < -0.3 is 14.4 Å². The van der Waals surface area contributed by atoms with Crippen molar-refractivity contribution in [1.82, 2.24) is 9.97 Å². The van der Waals surface area contributed by atoms with Crippen LogP contribution in [0.25, 0.3) is 11.1 Å². The van der Waals surface area contributed by atoms with Crippen LogP contribution in [0.3, 0.4) is 0 Å². The Labute approximate surface area is 202 Å². The van der Waals surface area contributed by atoms with Gasteiger partial charge in [0, 0.05) is 25.5 Å². The van der Waals surface area contributed by atoms with E-state index in [9.17, 15) is 4.79 Å². The average molecular weight is 460 g/mol. The number of benzene rings is 2. The molecule has 0 bridgehead atoms. The van der Waals surface area contributed by atoms with Gasteiger partial charge in [-0.1, -0.05) is 38.1 Å². The normalized spacial score (nSPS) is 16.3. The van der Waals surface area contributed by atoms with E-state index in [0.717, 1.165) is 48.8 Å². The SMILES string of the molecule is CCOC(=O)c1ccc(-c2ccc(OC[C@H](C)[C@H]3CCN(c4ncc(CC)cn4)C3)cc2)cc1. The Morgan fingerprint density at radius 2 is 1.68 bits per heavy atom. The highest BCUT2D eigenvalue weighted by Gasteiger charge is 2.28. The van der Waals surface area contributed by atoms with E-state index in [1.54, 1.807) is 19.1 Å². The Morgan fingerprint density at radius 1 is 1.03 bits per heavy atom. The van der Waals surface area contributed by atoms with E-state index in [2.05, 4.69) is 28.7 Å². The van der Waals surface area contributed by atoms with E-state index < -0.39 is 0 Å². The molecule has 2 aromatic carbocycles. The number of hydrogen-bond acceptors (Lipinski definition) is 6. The van der Waals surface area contributed by atoms with Gasteiger partial charge in [-0.05, 0) is 72.6 Å². The Balaban J connectivity index is 1.28. The second kappa shape index (κ2) is 11.1. The van der Waals surface area contributed by atoms with Crippen molar-refractivity contribution in [2.45, 2.75) is 33.6 Å². The van der Waals surface area contributed by atoms with Crippen LogP contribution < -0.4 is 9.64 Å². The molecule has 0 amide bonds. The lowest BCUT2D eigenvalue weighted by Crippen LogP contribution is -2.25. The third-order valence-electron chi connectivity index (χ3n) is 6.51. The van der Waals surface area contributed by atoms with Crippen LogP contribution in [0.2, 0.25) is 0 Å². The van der Waals surface area contributed by atoms with Gasteiger partial charge in [0.25, 0.3) is 0 Å². The predicted octanol–water partition coefficient (Wildman–Crippen LogP) is 5.42. The van der Waals surface area contributed by atoms with Crippen LogP contribution in [-0.2, 0) is 11.2 Å². The molecule has 1 fully saturated rings. The molecule has 2 heterocycles. The first-order valence-corrected chi connectivity index (χ1v) is 12.1. The molecule has 1 aliphatic heterocycles. The van der Waals surface area contributed by atoms with Crippen molar-refractivity contribution >= 4 is 11.9 Å². The highest BCUT2D eigenvalue weighted by atomic mass is 16.5. The molecular weight excluding hydrogens is 426 g/mol. The molecule has 0 aliphatic carbocycles. The van der Waals surface area contributed by atoms with Crippen molar-refractivity contribution < 1.29 is 14.3 Å². The van der Waals surface area contributed by atoms with Gasteiger partial charge in [-0.15, -0.1) is 0 Å². The molecule has 6 heteroatoms. The van der Waals surface area contributed by atoms with Gasteiger partial charge in [0.15, 0.2) is 0 Å². The maximum atomic E-state index is 11.8. The van der Waals surface area contributed by atoms with Gasteiger partial charge in [0.1, 0.15) is 5.75 Å². The molecule has 6 nitrogen and oxygen atoms in total. The predicted molar refractivity (Wildman–Crippen MR) is 134 cm³/mol. The Kier molecular flexibility index (Phi) is 7.78. The van der Waals surface area contributed by atoms with Crippen molar-refractivity contribution in [3.05, 3.63) is 72.1 Å². The summed E-state index contributed by atoms with van der Waals surface area (Å²) in [6.07, 6.45) is 5.95. The molecule has 1 aromatic heterocycles. The second-order valence-corrected chi connectivity index (χ2v) is 8.85. The summed E-state index contributed by atoms with van der Waals surface area (Å²) in [6, 6.07) is 15.6. The first-order chi connectivity index (χ1) is 16.6. The highest BCUT2D eigenvalue weighted by molar-refractivity contribution is 5.90. The molecule has 1 saturated heterocycles. The summed E-state index contributed by atoms with van der Waals surface area (Å²) in [5, 5.41) is 0. The quantitative estimate of drug-likeness (QED) is 0.398. The molecule has 0 radical (unpaired) electrons. The first-order valence-electron chi connectivity index (χ1n) is 12.1. The number of ether oxygens (including phenoxy) is 2. The van der Waals surface area contributed by atoms with Crippen molar-refractivity contribution in [3.63, 3.8) is 0 Å². The Hall–Kier alpha value is -3.41. The van der Waals surface area contributed by atoms with Crippen LogP contribution in [0.1, 0.15) is 43.1 Å². The van der Waals surface area contributed by atoms with Crippen LogP contribution in [0.4, 0.5) is 5.95 Å². The monoisotopic (exact) mass is 459 g/mol. The third-order valence-corrected chi connectivity index (χ3v) is 6.51. The van der Waals surface area contributed by atoms with Crippen LogP contribution in [0.5, 0.6) is 5.75 Å². The van der Waals surface area contributed by atoms with Crippen molar-refractivity contribution in [2.75, 3.05) is 31.2 Å². The highest BCUT2D eigenvalue weighted by Crippen LogP contribution is 2.28. The van der Waals surface area contributed by atoms with Gasteiger partial charge in [-0.25, -0.2) is 14.8 Å². The fourth-order valence-corrected chi connectivity index (χ4v) is 4.25. The van der Waals surface area contributed by atoms with E-state index in [1.165, 1.54) is 5.56 Å². The lowest BCUT2D eigenvalue weighted by atomic mass is 9.94. The third kappa shape index (κ3) is 5.74. The number of carbonyl (C=O) groups is 1. The minimum Gasteiger partial charge on any atom is -0.493 e. The van der Waals surface area contributed by atoms with E-state index in [0.29, 0.717) is 30.6 Å². The van der Waals surface area contributed by atoms with Gasteiger partial charge in [-0.2, -0.15) is 0 Å². The summed E-state index contributed by atoms with van der Waals surface area (Å²) in [7, 11) is 0. The summed E-state index contributed by atoms with van der Waals surface area (Å²) in [4.78, 5) is 23.2. The largest absolute Gasteiger partial charge is 0.493 e. The number of esters is 1. The molecule has 0 saturated carbocycles. The van der Waals surface area contributed by atoms with E-state index >= 15 is 0 Å². The molecule has 0 spiro atoms. The molecule has 3 aromatic rings. The average Bonchev–Trinajstić information content (AvgIpc) is 3.38. The van der Waals surface area contributed by atoms with Gasteiger partial charge in [0.2, 0.25) is 5.95 Å². The molecule has 0 unspecified atom stereocenters. The smallest absolute Gasteiger partial charge is 0.338 e. The van der Waals surface area contributed by atoms with Crippen molar-refractivity contribution in [2.24, 2.45) is 11.8 Å². The molecule has 34 heavy (non-hydrogen) atoms. The van der Waals surface area contributed by atoms with E-state index in [-0.39, 0.29) is 5.97 Å². The zero-order chi connectivity index (χ0) is 23.9. The van der Waals surface area contributed by atoms with Crippen molar-refractivity contribution in [3.8, 4) is 16.9 Å². The number of anilines is 1. The summed E-state index contributed by atoms with van der Waals surface area (Å²) < 4.78 is 11.2. The Bertz CT molecular complexity index is 1070. The minimum absolute atomic E-state index is 0.292. The van der Waals surface area contributed by atoms with Crippen LogP contribution >= 0.6 is 0 Å². The zero-order valence-electron chi connectivity index (χ0n) is 20.2. The summed E-state index contributed by atoms with van der Waals surface area (Å²) >= 11 is 0. The number of carbonyl (C=O) groups excluding carboxylic acids is 1. The maximum absolute atomic E-state index is 11.8. The minimum atomic E-state index is -0.292. The number of aromatic nitrogens is 2. The van der Waals surface area contributed by atoms with Crippen LogP contribution in [0.15, 0.2) is 60.9 Å². The lowest BCUT2D eigenvalue weighted by molar-refractivity contribution is 0.0526. The molecule has 0 N–H and O–H groups in total. The van der Waals surface area contributed by atoms with Crippen LogP contribution in [0, 0.1) is 11.8 Å². The lowest BCUT2D eigenvalue weighted by Gasteiger charge is -2.21. The number of aryl methyl sites for hydroxylation is 1. The topological polar surface area (TPSA) is 64.6 Å². The van der Waals surface area contributed by atoms with Gasteiger partial charge in [-0.3, -0.25) is 0 Å². The molecule has 4 rings (SSSR count). The maximum Gasteiger partial charge on any atom is 0.338 e. The molecular formula is C28H33N3O3. The van der Waals surface area contributed by atoms with Gasteiger partial charge in [0.05, 0.1) is 18.8 Å². The first kappa shape index (κ1) is 23.7. The number of nitrogens with zero attached hydrogens (tertiary/aromatic N) is 3. The van der Waals surface area contributed by atoms with Gasteiger partial charge >= 0.3 is 5.97 Å². The van der Waals surface area contributed by atoms with Crippen molar-refractivity contribution in [1.29, 1.82) is 0 Å². The summed E-state index contributed by atoms with van der Waals surface area (Å²) in [5.74, 6) is 2.41. The van der Waals surface area contributed by atoms with E-state index in [4.69, 9.17) is 9.47 Å². The molecule has 178 valence electrons. The fourth-order valence-electron chi connectivity index (χ4n) is 4.25. The fraction of sp³-hybridized carbons (Fsp3) is 0.393. The molecule has 2 atom stereocenters. The van der Waals surface area contributed by atoms with E-state index in [1.807, 2.05) is 48.8 Å². The number of hydrogen-bond donors (Lipinski definition) is 0. The summed E-state index contributed by atoms with van der Waals surface area (Å²) in [6.45, 7) is 9.20.